The first-order chi connectivity index (χ1) is 10.5. The van der Waals surface area contributed by atoms with E-state index in [1.807, 2.05) is 35.7 Å². The second-order valence-corrected chi connectivity index (χ2v) is 6.62. The van der Waals surface area contributed by atoms with Crippen molar-refractivity contribution in [2.75, 3.05) is 6.54 Å². The SMILES string of the molecule is CC(C)(C(=O)N1CCCC1Cn1cccn1)n1cc(Cl)cn1. The summed E-state index contributed by atoms with van der Waals surface area (Å²) in [6, 6.07) is 2.08. The van der Waals surface area contributed by atoms with Crippen LogP contribution in [0.3, 0.4) is 0 Å². The van der Waals surface area contributed by atoms with Gasteiger partial charge in [0.1, 0.15) is 5.54 Å². The topological polar surface area (TPSA) is 56.0 Å². The van der Waals surface area contributed by atoms with Crippen molar-refractivity contribution >= 4 is 17.5 Å². The molecule has 6 nitrogen and oxygen atoms in total. The van der Waals surface area contributed by atoms with Gasteiger partial charge in [0.05, 0.1) is 23.8 Å². The smallest absolute Gasteiger partial charge is 0.250 e. The first-order valence-corrected chi connectivity index (χ1v) is 7.85. The van der Waals surface area contributed by atoms with Gasteiger partial charge in [0.15, 0.2) is 0 Å². The molecule has 0 saturated carbocycles. The fourth-order valence-corrected chi connectivity index (χ4v) is 3.11. The van der Waals surface area contributed by atoms with Gasteiger partial charge < -0.3 is 4.90 Å². The largest absolute Gasteiger partial charge is 0.336 e. The van der Waals surface area contributed by atoms with E-state index in [-0.39, 0.29) is 11.9 Å². The second-order valence-electron chi connectivity index (χ2n) is 6.18. The van der Waals surface area contributed by atoms with E-state index in [0.717, 1.165) is 25.9 Å². The average molecular weight is 322 g/mol. The Morgan fingerprint density at radius 3 is 2.91 bits per heavy atom. The van der Waals surface area contributed by atoms with Crippen LogP contribution in [0.1, 0.15) is 26.7 Å². The van der Waals surface area contributed by atoms with Crippen LogP contribution < -0.4 is 0 Å². The van der Waals surface area contributed by atoms with Crippen molar-refractivity contribution in [1.82, 2.24) is 24.5 Å². The van der Waals surface area contributed by atoms with Gasteiger partial charge in [-0.1, -0.05) is 11.6 Å². The molecule has 22 heavy (non-hydrogen) atoms. The van der Waals surface area contributed by atoms with Crippen LogP contribution in [0.2, 0.25) is 5.02 Å². The van der Waals surface area contributed by atoms with Gasteiger partial charge in [-0.15, -0.1) is 0 Å². The third-order valence-electron chi connectivity index (χ3n) is 4.24. The van der Waals surface area contributed by atoms with E-state index in [4.69, 9.17) is 11.6 Å². The molecule has 1 aliphatic rings. The van der Waals surface area contributed by atoms with E-state index in [2.05, 4.69) is 10.2 Å². The highest BCUT2D eigenvalue weighted by Gasteiger charge is 2.39. The summed E-state index contributed by atoms with van der Waals surface area (Å²) in [5.74, 6) is 0.0712. The molecule has 3 heterocycles. The minimum Gasteiger partial charge on any atom is -0.336 e. The molecule has 2 aromatic heterocycles. The first-order valence-electron chi connectivity index (χ1n) is 7.47. The molecule has 3 rings (SSSR count). The number of likely N-dealkylation sites (tertiary alicyclic amines) is 1. The number of aromatic nitrogens is 4. The summed E-state index contributed by atoms with van der Waals surface area (Å²) < 4.78 is 3.52. The van der Waals surface area contributed by atoms with Crippen molar-refractivity contribution in [2.45, 2.75) is 44.8 Å². The highest BCUT2D eigenvalue weighted by molar-refractivity contribution is 6.30. The van der Waals surface area contributed by atoms with Crippen molar-refractivity contribution in [3.05, 3.63) is 35.9 Å². The fourth-order valence-electron chi connectivity index (χ4n) is 2.97. The summed E-state index contributed by atoms with van der Waals surface area (Å²) in [4.78, 5) is 15.0. The molecule has 2 aromatic rings. The molecule has 0 N–H and O–H groups in total. The molecule has 118 valence electrons. The first kappa shape index (κ1) is 15.1. The van der Waals surface area contributed by atoms with Crippen LogP contribution in [0.15, 0.2) is 30.9 Å². The number of carbonyl (C=O) groups excluding carboxylic acids is 1. The molecule has 1 fully saturated rings. The minimum absolute atomic E-state index is 0.0712. The molecule has 1 aliphatic heterocycles. The predicted octanol–water partition coefficient (Wildman–Crippen LogP) is 2.16. The maximum Gasteiger partial charge on any atom is 0.250 e. The van der Waals surface area contributed by atoms with Crippen LogP contribution in [0.4, 0.5) is 0 Å². The van der Waals surface area contributed by atoms with Crippen LogP contribution in [0.5, 0.6) is 0 Å². The van der Waals surface area contributed by atoms with Crippen molar-refractivity contribution in [3.63, 3.8) is 0 Å². The Labute approximate surface area is 134 Å². The van der Waals surface area contributed by atoms with E-state index in [1.165, 1.54) is 0 Å². The maximum absolute atomic E-state index is 13.0. The van der Waals surface area contributed by atoms with Crippen LogP contribution in [-0.4, -0.2) is 43.0 Å². The summed E-state index contributed by atoms with van der Waals surface area (Å²) in [5.41, 5.74) is -0.750. The summed E-state index contributed by atoms with van der Waals surface area (Å²) in [7, 11) is 0. The van der Waals surface area contributed by atoms with Gasteiger partial charge >= 0.3 is 0 Å². The highest BCUT2D eigenvalue weighted by atomic mass is 35.5. The van der Waals surface area contributed by atoms with E-state index in [1.54, 1.807) is 23.3 Å². The number of nitrogens with zero attached hydrogens (tertiary/aromatic N) is 5. The van der Waals surface area contributed by atoms with Gasteiger partial charge in [0.25, 0.3) is 0 Å². The third-order valence-corrected chi connectivity index (χ3v) is 4.44. The van der Waals surface area contributed by atoms with Crippen LogP contribution >= 0.6 is 11.6 Å². The van der Waals surface area contributed by atoms with E-state index in [9.17, 15) is 4.79 Å². The third kappa shape index (κ3) is 2.75. The Kier molecular flexibility index (Phi) is 3.95. The number of hydrogen-bond acceptors (Lipinski definition) is 3. The van der Waals surface area contributed by atoms with Gasteiger partial charge in [-0.05, 0) is 32.8 Å². The van der Waals surface area contributed by atoms with Crippen molar-refractivity contribution in [1.29, 1.82) is 0 Å². The summed E-state index contributed by atoms with van der Waals surface area (Å²) in [5, 5.41) is 8.98. The molecule has 0 bridgehead atoms. The molecule has 0 radical (unpaired) electrons. The molecule has 7 heteroatoms. The van der Waals surface area contributed by atoms with E-state index in [0.29, 0.717) is 5.02 Å². The van der Waals surface area contributed by atoms with Gasteiger partial charge in [0, 0.05) is 25.1 Å². The van der Waals surface area contributed by atoms with Gasteiger partial charge in [-0.25, -0.2) is 0 Å². The summed E-state index contributed by atoms with van der Waals surface area (Å²) in [6.45, 7) is 5.27. The normalized spacial score (nSPS) is 18.9. The van der Waals surface area contributed by atoms with E-state index < -0.39 is 5.54 Å². The minimum atomic E-state index is -0.750. The quantitative estimate of drug-likeness (QED) is 0.867. The lowest BCUT2D eigenvalue weighted by molar-refractivity contribution is -0.140. The van der Waals surface area contributed by atoms with Crippen molar-refractivity contribution in [3.8, 4) is 0 Å². The molecule has 0 aliphatic carbocycles. The Morgan fingerprint density at radius 2 is 2.27 bits per heavy atom. The summed E-state index contributed by atoms with van der Waals surface area (Å²) in [6.07, 6.45) is 8.96. The zero-order valence-electron chi connectivity index (χ0n) is 12.8. The number of halogens is 1. The summed E-state index contributed by atoms with van der Waals surface area (Å²) >= 11 is 5.93. The van der Waals surface area contributed by atoms with Gasteiger partial charge in [-0.3, -0.25) is 14.2 Å². The molecular formula is C15H20ClN5O. The Hall–Kier alpha value is -1.82. The molecule has 0 aromatic carbocycles. The zero-order chi connectivity index (χ0) is 15.7. The maximum atomic E-state index is 13.0. The molecular weight excluding hydrogens is 302 g/mol. The lowest BCUT2D eigenvalue weighted by Gasteiger charge is -2.33. The van der Waals surface area contributed by atoms with Gasteiger partial charge in [-0.2, -0.15) is 10.2 Å². The van der Waals surface area contributed by atoms with Crippen molar-refractivity contribution in [2.24, 2.45) is 0 Å². The number of rotatable bonds is 4. The lowest BCUT2D eigenvalue weighted by Crippen LogP contribution is -2.50. The molecule has 1 unspecified atom stereocenters. The Bertz CT molecular complexity index is 649. The van der Waals surface area contributed by atoms with E-state index >= 15 is 0 Å². The molecule has 1 saturated heterocycles. The molecule has 1 atom stereocenters. The van der Waals surface area contributed by atoms with Crippen LogP contribution in [0, 0.1) is 0 Å². The van der Waals surface area contributed by atoms with Gasteiger partial charge in [0.2, 0.25) is 5.91 Å². The zero-order valence-corrected chi connectivity index (χ0v) is 13.6. The fraction of sp³-hybridized carbons (Fsp3) is 0.533. The number of hydrogen-bond donors (Lipinski definition) is 0. The van der Waals surface area contributed by atoms with Crippen molar-refractivity contribution < 1.29 is 4.79 Å². The standard InChI is InChI=1S/C15H20ClN5O/c1-15(2,21-10-12(16)9-18-21)14(22)20-8-3-5-13(20)11-19-7-4-6-17-19/h4,6-7,9-10,13H,3,5,8,11H2,1-2H3. The second kappa shape index (κ2) is 5.76. The number of carbonyl (C=O) groups is 1. The highest BCUT2D eigenvalue weighted by Crippen LogP contribution is 2.26. The monoisotopic (exact) mass is 321 g/mol. The number of amides is 1. The Balaban J connectivity index is 1.78. The average Bonchev–Trinajstić information content (AvgIpc) is 3.20. The molecule has 0 spiro atoms. The molecule has 1 amide bonds. The Morgan fingerprint density at radius 1 is 1.45 bits per heavy atom. The predicted molar refractivity (Wildman–Crippen MR) is 83.5 cm³/mol. The van der Waals surface area contributed by atoms with Crippen LogP contribution in [0.25, 0.3) is 0 Å². The van der Waals surface area contributed by atoms with Crippen LogP contribution in [-0.2, 0) is 16.9 Å². The lowest BCUT2D eigenvalue weighted by atomic mass is 10.0.